The highest BCUT2D eigenvalue weighted by Gasteiger charge is 2.12. The first kappa shape index (κ1) is 19.6. The molecule has 0 fully saturated rings. The van der Waals surface area contributed by atoms with Crippen LogP contribution >= 0.6 is 11.6 Å². The summed E-state index contributed by atoms with van der Waals surface area (Å²) in [5.41, 5.74) is 1.87. The van der Waals surface area contributed by atoms with Crippen molar-refractivity contribution in [2.45, 2.75) is 0 Å². The molecular formula is C22H15ClFN3O3. The molecule has 150 valence electrons. The number of benzene rings is 3. The molecule has 1 N–H and O–H groups in total. The highest BCUT2D eigenvalue weighted by atomic mass is 35.5. The van der Waals surface area contributed by atoms with Crippen LogP contribution in [-0.4, -0.2) is 22.7 Å². The van der Waals surface area contributed by atoms with E-state index in [0.29, 0.717) is 39.3 Å². The van der Waals surface area contributed by atoms with Gasteiger partial charge in [-0.25, -0.2) is 4.39 Å². The zero-order valence-corrected chi connectivity index (χ0v) is 16.3. The highest BCUT2D eigenvalue weighted by molar-refractivity contribution is 6.30. The van der Waals surface area contributed by atoms with Gasteiger partial charge in [-0.05, 0) is 54.6 Å². The molecule has 0 aliphatic rings. The number of carbonyl (C=O) groups is 1. The third kappa shape index (κ3) is 4.82. The maximum absolute atomic E-state index is 12.9. The van der Waals surface area contributed by atoms with Gasteiger partial charge >= 0.3 is 0 Å². The third-order valence-corrected chi connectivity index (χ3v) is 4.32. The van der Waals surface area contributed by atoms with Gasteiger partial charge in [-0.2, -0.15) is 4.98 Å². The molecule has 3 aromatic carbocycles. The van der Waals surface area contributed by atoms with Crippen LogP contribution in [-0.2, 0) is 4.79 Å². The summed E-state index contributed by atoms with van der Waals surface area (Å²) in [6.07, 6.45) is 0. The Hall–Kier alpha value is -3.71. The zero-order chi connectivity index (χ0) is 20.9. The Morgan fingerprint density at radius 2 is 1.80 bits per heavy atom. The fraction of sp³-hybridized carbons (Fsp3) is 0.0455. The van der Waals surface area contributed by atoms with Gasteiger partial charge in [0.25, 0.3) is 11.8 Å². The van der Waals surface area contributed by atoms with Gasteiger partial charge in [0.05, 0.1) is 0 Å². The largest absolute Gasteiger partial charge is 0.484 e. The molecule has 0 radical (unpaired) electrons. The van der Waals surface area contributed by atoms with Crippen molar-refractivity contribution in [3.63, 3.8) is 0 Å². The van der Waals surface area contributed by atoms with Gasteiger partial charge in [-0.3, -0.25) is 4.79 Å². The number of aromatic nitrogens is 2. The van der Waals surface area contributed by atoms with Crippen molar-refractivity contribution in [1.29, 1.82) is 0 Å². The molecule has 0 atom stereocenters. The van der Waals surface area contributed by atoms with Crippen molar-refractivity contribution in [2.24, 2.45) is 0 Å². The molecule has 0 aliphatic heterocycles. The second kappa shape index (κ2) is 8.75. The average Bonchev–Trinajstić information content (AvgIpc) is 3.25. The summed E-state index contributed by atoms with van der Waals surface area (Å²) in [5.74, 6) is 0.454. The van der Waals surface area contributed by atoms with E-state index in [2.05, 4.69) is 15.5 Å². The van der Waals surface area contributed by atoms with E-state index < -0.39 is 0 Å². The summed E-state index contributed by atoms with van der Waals surface area (Å²) in [6.45, 7) is -0.208. The fourth-order valence-corrected chi connectivity index (χ4v) is 2.87. The molecule has 0 spiro atoms. The molecule has 1 heterocycles. The van der Waals surface area contributed by atoms with Crippen LogP contribution in [0, 0.1) is 5.82 Å². The van der Waals surface area contributed by atoms with Crippen LogP contribution in [0.2, 0.25) is 5.02 Å². The lowest BCUT2D eigenvalue weighted by molar-refractivity contribution is -0.118. The Balaban J connectivity index is 1.41. The number of nitrogens with one attached hydrogen (secondary N) is 1. The maximum atomic E-state index is 12.9. The molecule has 0 aliphatic carbocycles. The van der Waals surface area contributed by atoms with Crippen molar-refractivity contribution in [1.82, 2.24) is 10.1 Å². The molecule has 4 rings (SSSR count). The molecule has 30 heavy (non-hydrogen) atoms. The summed E-state index contributed by atoms with van der Waals surface area (Å²) in [5, 5.41) is 7.20. The summed E-state index contributed by atoms with van der Waals surface area (Å²) >= 11 is 6.00. The number of ether oxygens (including phenoxy) is 1. The first-order valence-corrected chi connectivity index (χ1v) is 9.33. The van der Waals surface area contributed by atoms with E-state index in [-0.39, 0.29) is 18.3 Å². The summed E-state index contributed by atoms with van der Waals surface area (Å²) in [4.78, 5) is 16.4. The van der Waals surface area contributed by atoms with E-state index in [4.69, 9.17) is 20.9 Å². The van der Waals surface area contributed by atoms with Crippen LogP contribution in [0.15, 0.2) is 77.3 Å². The number of nitrogens with zero attached hydrogens (tertiary/aromatic N) is 2. The van der Waals surface area contributed by atoms with Gasteiger partial charge in [0.1, 0.15) is 11.6 Å². The number of carbonyl (C=O) groups excluding carboxylic acids is 1. The van der Waals surface area contributed by atoms with E-state index >= 15 is 0 Å². The second-order valence-electron chi connectivity index (χ2n) is 6.31. The van der Waals surface area contributed by atoms with Gasteiger partial charge in [-0.1, -0.05) is 35.0 Å². The van der Waals surface area contributed by atoms with E-state index in [1.807, 2.05) is 6.07 Å². The smallest absolute Gasteiger partial charge is 0.262 e. The Labute approximate surface area is 176 Å². The molecule has 1 amide bonds. The van der Waals surface area contributed by atoms with Crippen LogP contribution in [0.25, 0.3) is 22.8 Å². The molecule has 0 saturated carbocycles. The van der Waals surface area contributed by atoms with Crippen LogP contribution < -0.4 is 10.1 Å². The quantitative estimate of drug-likeness (QED) is 0.460. The molecule has 0 unspecified atom stereocenters. The van der Waals surface area contributed by atoms with E-state index in [0.717, 1.165) is 0 Å². The van der Waals surface area contributed by atoms with Crippen molar-refractivity contribution < 1.29 is 18.4 Å². The Morgan fingerprint density at radius 1 is 1.03 bits per heavy atom. The second-order valence-corrected chi connectivity index (χ2v) is 6.74. The number of hydrogen-bond donors (Lipinski definition) is 1. The normalized spacial score (nSPS) is 10.6. The zero-order valence-electron chi connectivity index (χ0n) is 15.5. The van der Waals surface area contributed by atoms with E-state index in [1.54, 1.807) is 42.5 Å². The highest BCUT2D eigenvalue weighted by Crippen LogP contribution is 2.26. The van der Waals surface area contributed by atoms with Gasteiger partial charge in [-0.15, -0.1) is 0 Å². The minimum Gasteiger partial charge on any atom is -0.484 e. The third-order valence-electron chi connectivity index (χ3n) is 4.09. The van der Waals surface area contributed by atoms with Gasteiger partial charge < -0.3 is 14.6 Å². The van der Waals surface area contributed by atoms with Crippen LogP contribution in [0.4, 0.5) is 10.1 Å². The van der Waals surface area contributed by atoms with Gasteiger partial charge in [0.2, 0.25) is 5.82 Å². The van der Waals surface area contributed by atoms with E-state index in [1.165, 1.54) is 24.3 Å². The first-order valence-electron chi connectivity index (χ1n) is 8.95. The minimum absolute atomic E-state index is 0.208. The molecule has 0 bridgehead atoms. The molecule has 4 aromatic rings. The van der Waals surface area contributed by atoms with Crippen molar-refractivity contribution >= 4 is 23.2 Å². The maximum Gasteiger partial charge on any atom is 0.262 e. The monoisotopic (exact) mass is 423 g/mol. The number of rotatable bonds is 6. The lowest BCUT2D eigenvalue weighted by atomic mass is 10.2. The van der Waals surface area contributed by atoms with Crippen LogP contribution in [0.1, 0.15) is 0 Å². The van der Waals surface area contributed by atoms with Crippen LogP contribution in [0.5, 0.6) is 5.75 Å². The lowest BCUT2D eigenvalue weighted by Crippen LogP contribution is -2.20. The average molecular weight is 424 g/mol. The summed E-state index contributed by atoms with van der Waals surface area (Å²) in [7, 11) is 0. The topological polar surface area (TPSA) is 77.2 Å². The first-order chi connectivity index (χ1) is 14.6. The van der Waals surface area contributed by atoms with E-state index in [9.17, 15) is 9.18 Å². The Morgan fingerprint density at radius 3 is 2.60 bits per heavy atom. The molecular weight excluding hydrogens is 409 g/mol. The number of amides is 1. The molecule has 1 aromatic heterocycles. The minimum atomic E-state index is -0.374. The Bertz CT molecular complexity index is 1180. The lowest BCUT2D eigenvalue weighted by Gasteiger charge is -2.08. The number of halogens is 2. The van der Waals surface area contributed by atoms with Crippen molar-refractivity contribution in [2.75, 3.05) is 11.9 Å². The number of hydrogen-bond acceptors (Lipinski definition) is 5. The van der Waals surface area contributed by atoms with Gasteiger partial charge in [0.15, 0.2) is 6.61 Å². The molecule has 0 saturated heterocycles. The summed E-state index contributed by atoms with van der Waals surface area (Å²) in [6, 6.07) is 19.6. The van der Waals surface area contributed by atoms with Gasteiger partial charge in [0, 0.05) is 21.8 Å². The molecule has 6 nitrogen and oxygen atoms in total. The van der Waals surface area contributed by atoms with Crippen LogP contribution in [0.3, 0.4) is 0 Å². The standard InChI is InChI=1S/C22H15ClFN3O3/c23-16-5-1-4-15(11-16)22-26-21(27-30-22)14-3-2-6-19(12-14)29-13-20(28)25-18-9-7-17(24)8-10-18/h1-12H,13H2,(H,25,28). The SMILES string of the molecule is O=C(COc1cccc(-c2noc(-c3cccc(Cl)c3)n2)c1)Nc1ccc(F)cc1. The fourth-order valence-electron chi connectivity index (χ4n) is 2.68. The number of anilines is 1. The van der Waals surface area contributed by atoms with Crippen molar-refractivity contribution in [3.05, 3.63) is 83.6 Å². The predicted octanol–water partition coefficient (Wildman–Crippen LogP) is 5.21. The predicted molar refractivity (Wildman–Crippen MR) is 111 cm³/mol. The van der Waals surface area contributed by atoms with Crippen molar-refractivity contribution in [3.8, 4) is 28.6 Å². The Kier molecular flexibility index (Phi) is 5.72. The summed E-state index contributed by atoms with van der Waals surface area (Å²) < 4.78 is 23.8. The molecule has 8 heteroatoms.